The van der Waals surface area contributed by atoms with Crippen molar-refractivity contribution < 1.29 is 9.84 Å². The van der Waals surface area contributed by atoms with Crippen LogP contribution in [0.4, 0.5) is 0 Å². The van der Waals surface area contributed by atoms with Crippen LogP contribution in [0.15, 0.2) is 29.3 Å². The Morgan fingerprint density at radius 1 is 1.17 bits per heavy atom. The van der Waals surface area contributed by atoms with Crippen molar-refractivity contribution in [3.63, 3.8) is 0 Å². The van der Waals surface area contributed by atoms with Gasteiger partial charge in [-0.2, -0.15) is 0 Å². The lowest BCUT2D eigenvalue weighted by molar-refractivity contribution is -0.0179. The molecule has 0 bridgehead atoms. The number of aliphatic hydroxyl groups is 1. The van der Waals surface area contributed by atoms with Crippen LogP contribution in [-0.2, 0) is 10.2 Å². The second-order valence-corrected chi connectivity index (χ2v) is 8.76. The number of morpholine rings is 1. The second-order valence-electron chi connectivity index (χ2n) is 8.32. The largest absolute Gasteiger partial charge is 0.387 e. The van der Waals surface area contributed by atoms with Crippen LogP contribution in [0, 0.1) is 0 Å². The van der Waals surface area contributed by atoms with Crippen molar-refractivity contribution in [2.75, 3.05) is 52.5 Å². The number of hydrogen-bond donors (Lipinski definition) is 3. The minimum absolute atomic E-state index is 0. The van der Waals surface area contributed by atoms with Crippen molar-refractivity contribution in [1.29, 1.82) is 0 Å². The molecule has 6 nitrogen and oxygen atoms in total. The Labute approximate surface area is 197 Å². The third-order valence-corrected chi connectivity index (χ3v) is 5.17. The molecule has 0 radical (unpaired) electrons. The molecule has 1 aliphatic heterocycles. The van der Waals surface area contributed by atoms with Gasteiger partial charge >= 0.3 is 0 Å². The van der Waals surface area contributed by atoms with Crippen molar-refractivity contribution >= 4 is 41.5 Å². The molecule has 1 aromatic carbocycles. The van der Waals surface area contributed by atoms with E-state index in [0.717, 1.165) is 37.9 Å². The van der Waals surface area contributed by atoms with Crippen LogP contribution in [0.1, 0.15) is 33.3 Å². The van der Waals surface area contributed by atoms with Gasteiger partial charge in [0.05, 0.1) is 25.4 Å². The molecular weight excluding hydrogens is 503 g/mol. The van der Waals surface area contributed by atoms with Crippen molar-refractivity contribution in [3.05, 3.63) is 34.9 Å². The SMILES string of the molecule is CCNC(=NCC(C)(O)CN1CCOCC1)NCC(C)(C)c1ccc(Cl)cc1.I. The fourth-order valence-corrected chi connectivity index (χ4v) is 3.32. The quantitative estimate of drug-likeness (QED) is 0.270. The van der Waals surface area contributed by atoms with E-state index in [1.165, 1.54) is 5.56 Å². The average Bonchev–Trinajstić information content (AvgIpc) is 2.65. The van der Waals surface area contributed by atoms with Crippen molar-refractivity contribution in [1.82, 2.24) is 15.5 Å². The highest BCUT2D eigenvalue weighted by Gasteiger charge is 2.26. The molecule has 2 rings (SSSR count). The second kappa shape index (κ2) is 12.3. The van der Waals surface area contributed by atoms with Gasteiger partial charge in [0.2, 0.25) is 0 Å². The third-order valence-electron chi connectivity index (χ3n) is 4.91. The Kier molecular flexibility index (Phi) is 11.2. The van der Waals surface area contributed by atoms with Gasteiger partial charge in [-0.25, -0.2) is 0 Å². The number of hydrogen-bond acceptors (Lipinski definition) is 4. The summed E-state index contributed by atoms with van der Waals surface area (Å²) in [5.74, 6) is 0.715. The van der Waals surface area contributed by atoms with Crippen LogP contribution < -0.4 is 10.6 Å². The van der Waals surface area contributed by atoms with Crippen molar-refractivity contribution in [2.45, 2.75) is 38.7 Å². The van der Waals surface area contributed by atoms with E-state index < -0.39 is 5.60 Å². The molecule has 1 unspecified atom stereocenters. The predicted molar refractivity (Wildman–Crippen MR) is 132 cm³/mol. The van der Waals surface area contributed by atoms with Gasteiger partial charge in [-0.1, -0.05) is 37.6 Å². The Bertz CT molecular complexity index is 632. The first-order valence-corrected chi connectivity index (χ1v) is 10.4. The molecule has 1 saturated heterocycles. The summed E-state index contributed by atoms with van der Waals surface area (Å²) < 4.78 is 5.37. The van der Waals surface area contributed by atoms with Gasteiger partial charge in [-0.15, -0.1) is 24.0 Å². The van der Waals surface area contributed by atoms with E-state index in [1.807, 2.05) is 26.0 Å². The first-order chi connectivity index (χ1) is 13.2. The van der Waals surface area contributed by atoms with E-state index in [0.29, 0.717) is 25.6 Å². The maximum absolute atomic E-state index is 10.8. The minimum atomic E-state index is -0.884. The molecule has 1 aromatic rings. The average molecular weight is 539 g/mol. The van der Waals surface area contributed by atoms with Gasteiger partial charge in [0.25, 0.3) is 0 Å². The zero-order valence-corrected chi connectivity index (χ0v) is 21.1. The molecule has 1 aliphatic rings. The Morgan fingerprint density at radius 2 is 1.79 bits per heavy atom. The number of aliphatic imine (C=N–C) groups is 1. The first-order valence-electron chi connectivity index (χ1n) is 10.0. The molecule has 29 heavy (non-hydrogen) atoms. The van der Waals surface area contributed by atoms with Gasteiger partial charge in [0.15, 0.2) is 5.96 Å². The normalized spacial score (nSPS) is 17.9. The van der Waals surface area contributed by atoms with E-state index >= 15 is 0 Å². The Hall–Kier alpha value is -0.610. The number of benzene rings is 1. The molecule has 0 saturated carbocycles. The van der Waals surface area contributed by atoms with Crippen LogP contribution in [0.5, 0.6) is 0 Å². The molecule has 0 aliphatic carbocycles. The van der Waals surface area contributed by atoms with Gasteiger partial charge in [-0.3, -0.25) is 9.89 Å². The smallest absolute Gasteiger partial charge is 0.191 e. The maximum atomic E-state index is 10.8. The summed E-state index contributed by atoms with van der Waals surface area (Å²) in [5, 5.41) is 18.2. The molecule has 1 heterocycles. The predicted octanol–water partition coefficient (Wildman–Crippen LogP) is 2.87. The number of nitrogens with zero attached hydrogens (tertiary/aromatic N) is 2. The number of nitrogens with one attached hydrogen (secondary N) is 2. The fourth-order valence-electron chi connectivity index (χ4n) is 3.19. The van der Waals surface area contributed by atoms with Crippen molar-refractivity contribution in [2.24, 2.45) is 4.99 Å². The van der Waals surface area contributed by atoms with Crippen LogP contribution in [-0.4, -0.2) is 74.0 Å². The van der Waals surface area contributed by atoms with Gasteiger partial charge in [-0.05, 0) is 31.5 Å². The van der Waals surface area contributed by atoms with E-state index in [4.69, 9.17) is 16.3 Å². The molecule has 0 spiro atoms. The number of guanidine groups is 1. The molecule has 1 atom stereocenters. The standard InChI is InChI=1S/C21H35ClN4O2.HI/c1-5-23-19(24-14-20(2,3)17-6-8-18(22)9-7-17)25-15-21(4,27)16-26-10-12-28-13-11-26;/h6-9,27H,5,10-16H2,1-4H3,(H2,23,24,25);1H. The van der Waals surface area contributed by atoms with Gasteiger partial charge in [0, 0.05) is 43.2 Å². The highest BCUT2D eigenvalue weighted by molar-refractivity contribution is 14.0. The van der Waals surface area contributed by atoms with Crippen LogP contribution >= 0.6 is 35.6 Å². The number of halogens is 2. The maximum Gasteiger partial charge on any atom is 0.191 e. The molecule has 8 heteroatoms. The summed E-state index contributed by atoms with van der Waals surface area (Å²) in [4.78, 5) is 6.85. The lowest BCUT2D eigenvalue weighted by Gasteiger charge is -2.33. The molecule has 1 fully saturated rings. The van der Waals surface area contributed by atoms with Gasteiger partial charge in [0.1, 0.15) is 0 Å². The van der Waals surface area contributed by atoms with Crippen LogP contribution in [0.25, 0.3) is 0 Å². The summed E-state index contributed by atoms with van der Waals surface area (Å²) in [6.45, 7) is 13.8. The third kappa shape index (κ3) is 9.38. The highest BCUT2D eigenvalue weighted by atomic mass is 127. The van der Waals surface area contributed by atoms with E-state index in [-0.39, 0.29) is 29.4 Å². The zero-order valence-electron chi connectivity index (χ0n) is 18.0. The number of β-amino-alcohol motifs (C(OH)–C–C–N with tert-alkyl or cyclic N) is 1. The lowest BCUT2D eigenvalue weighted by atomic mass is 9.85. The highest BCUT2D eigenvalue weighted by Crippen LogP contribution is 2.23. The fraction of sp³-hybridized carbons (Fsp3) is 0.667. The topological polar surface area (TPSA) is 69.1 Å². The monoisotopic (exact) mass is 538 g/mol. The molecule has 166 valence electrons. The summed E-state index contributed by atoms with van der Waals surface area (Å²) in [5.41, 5.74) is 0.238. The first kappa shape index (κ1) is 26.4. The van der Waals surface area contributed by atoms with Crippen LogP contribution in [0.2, 0.25) is 5.02 Å². The summed E-state index contributed by atoms with van der Waals surface area (Å²) >= 11 is 6.01. The summed E-state index contributed by atoms with van der Waals surface area (Å²) in [6.07, 6.45) is 0. The number of rotatable bonds is 8. The van der Waals surface area contributed by atoms with E-state index in [1.54, 1.807) is 0 Å². The molecule has 0 amide bonds. The Morgan fingerprint density at radius 3 is 2.38 bits per heavy atom. The van der Waals surface area contributed by atoms with E-state index in [2.05, 4.69) is 46.5 Å². The van der Waals surface area contributed by atoms with Gasteiger partial charge < -0.3 is 20.5 Å². The summed E-state index contributed by atoms with van der Waals surface area (Å²) in [7, 11) is 0. The number of ether oxygens (including phenoxy) is 1. The Balaban J connectivity index is 0.00000420. The summed E-state index contributed by atoms with van der Waals surface area (Å²) in [6, 6.07) is 7.95. The zero-order chi connectivity index (χ0) is 20.6. The molecular formula is C21H36ClIN4O2. The van der Waals surface area contributed by atoms with E-state index in [9.17, 15) is 5.11 Å². The molecule has 0 aromatic heterocycles. The van der Waals surface area contributed by atoms with Crippen LogP contribution in [0.3, 0.4) is 0 Å². The van der Waals surface area contributed by atoms with Crippen molar-refractivity contribution in [3.8, 4) is 0 Å². The molecule has 3 N–H and O–H groups in total. The minimum Gasteiger partial charge on any atom is -0.387 e. The lowest BCUT2D eigenvalue weighted by Crippen LogP contribution is -2.48.